The Balaban J connectivity index is 2.74. The van der Waals surface area contributed by atoms with E-state index in [1.807, 2.05) is 0 Å². The number of nitrogens with one attached hydrogen (secondary N) is 1. The molecule has 112 valence electrons. The summed E-state index contributed by atoms with van der Waals surface area (Å²) in [4.78, 5) is 11.3. The van der Waals surface area contributed by atoms with Gasteiger partial charge in [0.05, 0.1) is 6.61 Å². The molecule has 0 aromatic rings. The first kappa shape index (κ1) is 12.0. The Kier molecular flexibility index (Phi) is 3.83. The first-order valence-electron chi connectivity index (χ1n) is 6.45. The third kappa shape index (κ3) is 4.65. The highest BCUT2D eigenvalue weighted by Gasteiger charge is 2.44. The van der Waals surface area contributed by atoms with Crippen LogP contribution in [0.4, 0.5) is 0 Å². The fourth-order valence-corrected chi connectivity index (χ4v) is 1.85. The van der Waals surface area contributed by atoms with Gasteiger partial charge in [-0.1, -0.05) is 0 Å². The Bertz CT molecular complexity index is 509. The van der Waals surface area contributed by atoms with Crippen LogP contribution in [0.25, 0.3) is 0 Å². The third-order valence-electron chi connectivity index (χ3n) is 2.40. The molecule has 1 rings (SSSR count). The lowest BCUT2D eigenvalue weighted by atomic mass is 9.97. The Morgan fingerprint density at radius 1 is 1.42 bits per heavy atom. The lowest BCUT2D eigenvalue weighted by molar-refractivity contribution is -0.252. The second-order valence-corrected chi connectivity index (χ2v) is 4.85. The van der Waals surface area contributed by atoms with E-state index in [1.165, 1.54) is 0 Å². The highest BCUT2D eigenvalue weighted by atomic mass is 32.3. The zero-order chi connectivity index (χ0) is 17.3. The van der Waals surface area contributed by atoms with Crippen molar-refractivity contribution in [3.05, 3.63) is 0 Å². The van der Waals surface area contributed by atoms with Crippen molar-refractivity contribution in [1.82, 2.24) is 5.32 Å². The minimum atomic E-state index is -4.83. The molecule has 1 fully saturated rings. The van der Waals surface area contributed by atoms with Gasteiger partial charge in [-0.05, 0) is 0 Å². The molecule has 0 bridgehead atoms. The summed E-state index contributed by atoms with van der Waals surface area (Å²) in [5, 5.41) is 30.9. The number of rotatable bonds is 4. The molecule has 0 aliphatic carbocycles. The molecule has 0 saturated carbocycles. The average Bonchev–Trinajstić information content (AvgIpc) is 2.34. The van der Waals surface area contributed by atoms with Gasteiger partial charge in [-0.2, -0.15) is 8.42 Å². The molecule has 1 saturated heterocycles. The number of carbonyl (C=O) groups excluding carboxylic acids is 1. The van der Waals surface area contributed by atoms with Crippen LogP contribution in [0.2, 0.25) is 0 Å². The fourth-order valence-electron chi connectivity index (χ4n) is 1.54. The van der Waals surface area contributed by atoms with Gasteiger partial charge in [0, 0.05) is 11.0 Å². The Hall–Kier alpha value is -0.820. The molecule has 5 N–H and O–H groups in total. The smallest absolute Gasteiger partial charge is 0.388 e. The molecule has 1 aliphatic heterocycles. The first-order chi connectivity index (χ1) is 9.83. The van der Waals surface area contributed by atoms with Crippen LogP contribution >= 0.6 is 0 Å². The number of carbonyl (C=O) groups is 1. The number of aliphatic hydroxyl groups excluding tert-OH is 3. The zero-order valence-corrected chi connectivity index (χ0v) is 10.1. The molecule has 1 heterocycles. The van der Waals surface area contributed by atoms with Crippen LogP contribution in [0, 0.1) is 0 Å². The normalized spacial score (nSPS) is 38.9. The predicted molar refractivity (Wildman–Crippen MR) is 58.0 cm³/mol. The van der Waals surface area contributed by atoms with E-state index in [2.05, 4.69) is 4.18 Å². The largest absolute Gasteiger partial charge is 0.397 e. The minimum Gasteiger partial charge on any atom is -0.388 e. The molecule has 11 heteroatoms. The van der Waals surface area contributed by atoms with Crippen LogP contribution in [0.15, 0.2) is 0 Å². The van der Waals surface area contributed by atoms with Crippen molar-refractivity contribution in [2.45, 2.75) is 37.5 Å². The van der Waals surface area contributed by atoms with E-state index < -0.39 is 60.4 Å². The number of aliphatic hydroxyl groups is 3. The van der Waals surface area contributed by atoms with Crippen molar-refractivity contribution in [3.63, 3.8) is 0 Å². The molecule has 0 aromatic heterocycles. The second kappa shape index (κ2) is 6.09. The van der Waals surface area contributed by atoms with Gasteiger partial charge >= 0.3 is 10.4 Å². The molecule has 1 aliphatic rings. The van der Waals surface area contributed by atoms with Gasteiger partial charge in [0.1, 0.15) is 24.4 Å². The Labute approximate surface area is 113 Å². The van der Waals surface area contributed by atoms with Crippen LogP contribution < -0.4 is 5.32 Å². The maximum Gasteiger partial charge on any atom is 0.397 e. The number of hydrogen-bond donors (Lipinski definition) is 5. The molecular formula is C8H15NO9S. The summed E-state index contributed by atoms with van der Waals surface area (Å²) < 4.78 is 58.5. The minimum absolute atomic E-state index is 0.923. The van der Waals surface area contributed by atoms with E-state index in [-0.39, 0.29) is 0 Å². The number of amides is 1. The van der Waals surface area contributed by atoms with E-state index in [1.54, 1.807) is 5.32 Å². The summed E-state index contributed by atoms with van der Waals surface area (Å²) in [7, 11) is -4.83. The number of hydrogen-bond acceptors (Lipinski definition) is 8. The maximum absolute atomic E-state index is 11.3. The fraction of sp³-hybridized carbons (Fsp3) is 0.875. The van der Waals surface area contributed by atoms with Gasteiger partial charge in [0.2, 0.25) is 5.91 Å². The lowest BCUT2D eigenvalue weighted by Gasteiger charge is -2.40. The SMILES string of the molecule is [2H]C([2H])([2H])C(=O)N[C@H]1[C@@H](O)[C@H](O)C(COS(=O)(=O)O)O[C@H]1O. The zero-order valence-electron chi connectivity index (χ0n) is 12.3. The molecule has 19 heavy (non-hydrogen) atoms. The van der Waals surface area contributed by atoms with E-state index in [0.29, 0.717) is 0 Å². The van der Waals surface area contributed by atoms with Crippen molar-refractivity contribution < 1.29 is 46.1 Å². The van der Waals surface area contributed by atoms with Crippen molar-refractivity contribution in [2.75, 3.05) is 6.61 Å². The number of ether oxygens (including phenoxy) is 1. The molecule has 0 radical (unpaired) electrons. The quantitative estimate of drug-likeness (QED) is 0.336. The van der Waals surface area contributed by atoms with Gasteiger partial charge in [-0.25, -0.2) is 4.18 Å². The van der Waals surface area contributed by atoms with Crippen LogP contribution in [0.3, 0.4) is 0 Å². The van der Waals surface area contributed by atoms with Crippen LogP contribution in [0.1, 0.15) is 11.0 Å². The summed E-state index contributed by atoms with van der Waals surface area (Å²) >= 11 is 0. The van der Waals surface area contributed by atoms with Crippen molar-refractivity contribution >= 4 is 16.3 Å². The Morgan fingerprint density at radius 3 is 2.58 bits per heavy atom. The monoisotopic (exact) mass is 304 g/mol. The molecule has 5 atom stereocenters. The summed E-state index contributed by atoms with van der Waals surface area (Å²) in [6.45, 7) is -3.97. The lowest BCUT2D eigenvalue weighted by Crippen LogP contribution is -2.64. The molecule has 1 unspecified atom stereocenters. The van der Waals surface area contributed by atoms with Crippen molar-refractivity contribution in [3.8, 4) is 0 Å². The molecule has 10 nitrogen and oxygen atoms in total. The maximum atomic E-state index is 11.3. The van der Waals surface area contributed by atoms with Crippen molar-refractivity contribution in [2.24, 2.45) is 0 Å². The highest BCUT2D eigenvalue weighted by Crippen LogP contribution is 2.20. The molecular weight excluding hydrogens is 286 g/mol. The van der Waals surface area contributed by atoms with E-state index in [9.17, 15) is 28.5 Å². The van der Waals surface area contributed by atoms with Gasteiger partial charge in [-0.15, -0.1) is 0 Å². The average molecular weight is 304 g/mol. The van der Waals surface area contributed by atoms with Gasteiger partial charge in [-0.3, -0.25) is 9.35 Å². The van der Waals surface area contributed by atoms with E-state index in [4.69, 9.17) is 13.4 Å². The van der Waals surface area contributed by atoms with E-state index >= 15 is 0 Å². The van der Waals surface area contributed by atoms with Crippen molar-refractivity contribution in [1.29, 1.82) is 0 Å². The standard InChI is InChI=1S/C8H15NO9S/c1-3(10)9-5-7(12)6(11)4(18-8(5)13)2-17-19(14,15)16/h4-8,11-13H,2H2,1H3,(H,9,10)(H,14,15,16)/t4?,5-,6+,7+,8+/m0/s1/i1D3. The predicted octanol–water partition coefficient (Wildman–Crippen LogP) is -3.25. The Morgan fingerprint density at radius 2 is 2.05 bits per heavy atom. The first-order valence-corrected chi connectivity index (χ1v) is 6.32. The van der Waals surface area contributed by atoms with Gasteiger partial charge < -0.3 is 25.4 Å². The van der Waals surface area contributed by atoms with Crippen LogP contribution in [-0.4, -0.2) is 71.4 Å². The molecule has 0 aromatic carbocycles. The molecule has 0 spiro atoms. The summed E-state index contributed by atoms with van der Waals surface area (Å²) in [6.07, 6.45) is -7.19. The highest BCUT2D eigenvalue weighted by molar-refractivity contribution is 7.80. The summed E-state index contributed by atoms with van der Waals surface area (Å²) in [5.74, 6) is -1.49. The molecule has 1 amide bonds. The summed E-state index contributed by atoms with van der Waals surface area (Å²) in [5.41, 5.74) is 0. The van der Waals surface area contributed by atoms with E-state index in [0.717, 1.165) is 0 Å². The topological polar surface area (TPSA) is 163 Å². The van der Waals surface area contributed by atoms with Gasteiger partial charge in [0.25, 0.3) is 0 Å². The summed E-state index contributed by atoms with van der Waals surface area (Å²) in [6, 6.07) is -1.66. The second-order valence-electron chi connectivity index (χ2n) is 3.76. The van der Waals surface area contributed by atoms with Crippen LogP contribution in [-0.2, 0) is 24.1 Å². The van der Waals surface area contributed by atoms with Gasteiger partial charge in [0.15, 0.2) is 6.29 Å². The van der Waals surface area contributed by atoms with Crippen LogP contribution in [0.5, 0.6) is 0 Å². The third-order valence-corrected chi connectivity index (χ3v) is 2.83.